The van der Waals surface area contributed by atoms with Gasteiger partial charge >= 0.3 is 6.09 Å². The average molecular weight is 228 g/mol. The largest absolute Gasteiger partial charge is 0.445 e. The molecule has 0 fully saturated rings. The van der Waals surface area contributed by atoms with Crippen LogP contribution in [0.3, 0.4) is 0 Å². The van der Waals surface area contributed by atoms with E-state index >= 15 is 0 Å². The van der Waals surface area contributed by atoms with Gasteiger partial charge in [-0.1, -0.05) is 24.3 Å². The Morgan fingerprint density at radius 1 is 1.24 bits per heavy atom. The van der Waals surface area contributed by atoms with E-state index in [0.29, 0.717) is 0 Å². The van der Waals surface area contributed by atoms with Crippen LogP contribution in [0.5, 0.6) is 0 Å². The number of hydrogen-bond acceptors (Lipinski definition) is 3. The summed E-state index contributed by atoms with van der Waals surface area (Å²) >= 11 is 0. The molecule has 1 aromatic heterocycles. The summed E-state index contributed by atoms with van der Waals surface area (Å²) in [6.07, 6.45) is 2.74. The van der Waals surface area contributed by atoms with Gasteiger partial charge in [-0.2, -0.15) is 0 Å². The first-order valence-electron chi connectivity index (χ1n) is 5.17. The van der Waals surface area contributed by atoms with Crippen molar-refractivity contribution >= 4 is 6.09 Å². The highest BCUT2D eigenvalue weighted by atomic mass is 16.5. The SMILES string of the molecule is NC(=O)OCc1cccc(-c2cccnc2)c1. The number of amides is 1. The number of hydrogen-bond donors (Lipinski definition) is 1. The van der Waals surface area contributed by atoms with Gasteiger partial charge < -0.3 is 10.5 Å². The second-order valence-corrected chi connectivity index (χ2v) is 3.55. The molecule has 17 heavy (non-hydrogen) atoms. The molecule has 1 amide bonds. The first kappa shape index (κ1) is 11.1. The van der Waals surface area contributed by atoms with Gasteiger partial charge in [0.25, 0.3) is 0 Å². The maximum atomic E-state index is 10.5. The van der Waals surface area contributed by atoms with Gasteiger partial charge in [-0.3, -0.25) is 4.98 Å². The van der Waals surface area contributed by atoms with Crippen molar-refractivity contribution in [3.63, 3.8) is 0 Å². The van der Waals surface area contributed by atoms with E-state index in [1.807, 2.05) is 36.4 Å². The number of pyridine rings is 1. The molecule has 1 aromatic carbocycles. The number of aromatic nitrogens is 1. The van der Waals surface area contributed by atoms with Crippen LogP contribution in [-0.2, 0) is 11.3 Å². The van der Waals surface area contributed by atoms with Gasteiger partial charge in [-0.15, -0.1) is 0 Å². The molecule has 0 radical (unpaired) electrons. The summed E-state index contributed by atoms with van der Waals surface area (Å²) in [7, 11) is 0. The van der Waals surface area contributed by atoms with Gasteiger partial charge in [0.05, 0.1) is 0 Å². The molecule has 2 aromatic rings. The molecule has 2 rings (SSSR count). The van der Waals surface area contributed by atoms with E-state index in [-0.39, 0.29) is 6.61 Å². The lowest BCUT2D eigenvalue weighted by Gasteiger charge is -2.05. The lowest BCUT2D eigenvalue weighted by molar-refractivity contribution is 0.150. The summed E-state index contributed by atoms with van der Waals surface area (Å²) in [5, 5.41) is 0. The van der Waals surface area contributed by atoms with Gasteiger partial charge in [-0.25, -0.2) is 4.79 Å². The molecule has 0 aliphatic rings. The predicted octanol–water partition coefficient (Wildman–Crippen LogP) is 2.34. The van der Waals surface area contributed by atoms with E-state index in [1.165, 1.54) is 0 Å². The van der Waals surface area contributed by atoms with E-state index in [2.05, 4.69) is 4.98 Å². The molecular formula is C13H12N2O2. The Hall–Kier alpha value is -2.36. The number of rotatable bonds is 3. The molecule has 0 bridgehead atoms. The first-order chi connectivity index (χ1) is 8.25. The quantitative estimate of drug-likeness (QED) is 0.876. The third-order valence-corrected chi connectivity index (χ3v) is 2.30. The lowest BCUT2D eigenvalue weighted by Crippen LogP contribution is -2.12. The van der Waals surface area contributed by atoms with Crippen LogP contribution in [0, 0.1) is 0 Å². The van der Waals surface area contributed by atoms with E-state index in [0.717, 1.165) is 16.7 Å². The Bertz CT molecular complexity index is 512. The Morgan fingerprint density at radius 3 is 2.76 bits per heavy atom. The normalized spacial score (nSPS) is 9.88. The second kappa shape index (κ2) is 5.12. The standard InChI is InChI=1S/C13H12N2O2/c14-13(16)17-9-10-3-1-4-11(7-10)12-5-2-6-15-8-12/h1-8H,9H2,(H2,14,16). The highest BCUT2D eigenvalue weighted by Crippen LogP contribution is 2.19. The zero-order valence-electron chi connectivity index (χ0n) is 9.17. The van der Waals surface area contributed by atoms with Crippen molar-refractivity contribution in [2.75, 3.05) is 0 Å². The molecule has 86 valence electrons. The smallest absolute Gasteiger partial charge is 0.404 e. The summed E-state index contributed by atoms with van der Waals surface area (Å²) < 4.78 is 4.74. The Balaban J connectivity index is 2.20. The van der Waals surface area contributed by atoms with Gasteiger partial charge in [0.15, 0.2) is 0 Å². The van der Waals surface area contributed by atoms with E-state index in [1.54, 1.807) is 12.4 Å². The fourth-order valence-electron chi connectivity index (χ4n) is 1.53. The molecular weight excluding hydrogens is 216 g/mol. The third-order valence-electron chi connectivity index (χ3n) is 2.30. The predicted molar refractivity (Wildman–Crippen MR) is 64.0 cm³/mol. The van der Waals surface area contributed by atoms with E-state index in [9.17, 15) is 4.79 Å². The van der Waals surface area contributed by atoms with Gasteiger partial charge in [0.1, 0.15) is 6.61 Å². The van der Waals surface area contributed by atoms with Crippen LogP contribution in [0.4, 0.5) is 4.79 Å². The summed E-state index contributed by atoms with van der Waals surface area (Å²) in [6.45, 7) is 0.184. The van der Waals surface area contributed by atoms with Crippen LogP contribution in [0.2, 0.25) is 0 Å². The third kappa shape index (κ3) is 3.04. The van der Waals surface area contributed by atoms with Gasteiger partial charge in [-0.05, 0) is 28.8 Å². The van der Waals surface area contributed by atoms with Crippen molar-refractivity contribution in [3.8, 4) is 11.1 Å². The van der Waals surface area contributed by atoms with Crippen LogP contribution in [0.15, 0.2) is 48.8 Å². The molecule has 0 unspecified atom stereocenters. The Morgan fingerprint density at radius 2 is 2.06 bits per heavy atom. The fourth-order valence-corrected chi connectivity index (χ4v) is 1.53. The number of nitrogens with two attached hydrogens (primary N) is 1. The van der Waals surface area contributed by atoms with Crippen LogP contribution in [0.25, 0.3) is 11.1 Å². The summed E-state index contributed by atoms with van der Waals surface area (Å²) in [5.41, 5.74) is 7.86. The van der Waals surface area contributed by atoms with Crippen molar-refractivity contribution < 1.29 is 9.53 Å². The number of carbonyl (C=O) groups excluding carboxylic acids is 1. The number of carbonyl (C=O) groups is 1. The molecule has 4 heteroatoms. The average Bonchev–Trinajstić information content (AvgIpc) is 2.38. The Kier molecular flexibility index (Phi) is 3.35. The molecule has 0 spiro atoms. The van der Waals surface area contributed by atoms with E-state index in [4.69, 9.17) is 10.5 Å². The minimum atomic E-state index is -0.767. The van der Waals surface area contributed by atoms with Crippen molar-refractivity contribution in [2.24, 2.45) is 5.73 Å². The molecule has 0 saturated carbocycles. The minimum absolute atomic E-state index is 0.184. The van der Waals surface area contributed by atoms with Crippen molar-refractivity contribution in [2.45, 2.75) is 6.61 Å². The molecule has 1 heterocycles. The Labute approximate surface area is 99.1 Å². The topological polar surface area (TPSA) is 65.2 Å². The number of ether oxygens (including phenoxy) is 1. The second-order valence-electron chi connectivity index (χ2n) is 3.55. The van der Waals surface area contributed by atoms with E-state index < -0.39 is 6.09 Å². The van der Waals surface area contributed by atoms with Crippen LogP contribution < -0.4 is 5.73 Å². The minimum Gasteiger partial charge on any atom is -0.445 e. The zero-order valence-corrected chi connectivity index (χ0v) is 9.17. The van der Waals surface area contributed by atoms with Crippen molar-refractivity contribution in [1.82, 2.24) is 4.98 Å². The highest BCUT2D eigenvalue weighted by Gasteiger charge is 2.00. The van der Waals surface area contributed by atoms with Crippen LogP contribution in [-0.4, -0.2) is 11.1 Å². The van der Waals surface area contributed by atoms with Crippen LogP contribution >= 0.6 is 0 Å². The molecule has 0 aliphatic heterocycles. The van der Waals surface area contributed by atoms with Crippen molar-refractivity contribution in [1.29, 1.82) is 0 Å². The number of primary amides is 1. The molecule has 0 atom stereocenters. The fraction of sp³-hybridized carbons (Fsp3) is 0.0769. The first-order valence-corrected chi connectivity index (χ1v) is 5.17. The number of nitrogens with zero attached hydrogens (tertiary/aromatic N) is 1. The molecule has 4 nitrogen and oxygen atoms in total. The zero-order chi connectivity index (χ0) is 12.1. The molecule has 2 N–H and O–H groups in total. The summed E-state index contributed by atoms with van der Waals surface area (Å²) in [5.74, 6) is 0. The van der Waals surface area contributed by atoms with Gasteiger partial charge in [0.2, 0.25) is 0 Å². The maximum absolute atomic E-state index is 10.5. The maximum Gasteiger partial charge on any atom is 0.404 e. The van der Waals surface area contributed by atoms with Crippen molar-refractivity contribution in [3.05, 3.63) is 54.4 Å². The highest BCUT2D eigenvalue weighted by molar-refractivity contribution is 5.65. The van der Waals surface area contributed by atoms with Gasteiger partial charge in [0, 0.05) is 12.4 Å². The monoisotopic (exact) mass is 228 g/mol. The summed E-state index contributed by atoms with van der Waals surface area (Å²) in [4.78, 5) is 14.6. The van der Waals surface area contributed by atoms with Crippen LogP contribution in [0.1, 0.15) is 5.56 Å². The number of benzene rings is 1. The molecule has 0 saturated heterocycles. The lowest BCUT2D eigenvalue weighted by atomic mass is 10.1. The summed E-state index contributed by atoms with van der Waals surface area (Å²) in [6, 6.07) is 11.6. The molecule has 0 aliphatic carbocycles.